The maximum Gasteiger partial charge on any atom is 0.253 e. The van der Waals surface area contributed by atoms with Gasteiger partial charge in [0.15, 0.2) is 23.0 Å². The second-order valence-corrected chi connectivity index (χ2v) is 5.88. The standard InChI is InChI=1S/C19H21NO6/c1-20(19(22)13-5-7-16-18(9-13)26-11-25-16)10-14(21)12-4-6-15(23-2)17(8-12)24-3/h4-9,14,21H,10-11H2,1-3H3. The highest BCUT2D eigenvalue weighted by Gasteiger charge is 2.21. The van der Waals surface area contributed by atoms with E-state index in [1.54, 1.807) is 50.6 Å². The molecule has 1 unspecified atom stereocenters. The Morgan fingerprint density at radius 3 is 2.58 bits per heavy atom. The first kappa shape index (κ1) is 17.9. The van der Waals surface area contributed by atoms with Crippen molar-refractivity contribution in [1.29, 1.82) is 0 Å². The number of fused-ring (bicyclic) bond motifs is 1. The summed E-state index contributed by atoms with van der Waals surface area (Å²) in [7, 11) is 4.71. The molecular weight excluding hydrogens is 338 g/mol. The number of carbonyl (C=O) groups is 1. The Bertz CT molecular complexity index is 807. The van der Waals surface area contributed by atoms with E-state index in [0.717, 1.165) is 0 Å². The maximum atomic E-state index is 12.6. The molecule has 0 bridgehead atoms. The molecule has 3 rings (SSSR count). The summed E-state index contributed by atoms with van der Waals surface area (Å²) in [6, 6.07) is 10.2. The van der Waals surface area contributed by atoms with Gasteiger partial charge in [-0.1, -0.05) is 6.07 Å². The predicted octanol–water partition coefficient (Wildman–Crippen LogP) is 2.24. The van der Waals surface area contributed by atoms with E-state index >= 15 is 0 Å². The number of ether oxygens (including phenoxy) is 4. The third-order valence-electron chi connectivity index (χ3n) is 4.21. The molecule has 0 aromatic heterocycles. The van der Waals surface area contributed by atoms with Gasteiger partial charge in [-0.15, -0.1) is 0 Å². The average Bonchev–Trinajstić information content (AvgIpc) is 3.14. The first-order valence-corrected chi connectivity index (χ1v) is 8.08. The number of nitrogens with zero attached hydrogens (tertiary/aromatic N) is 1. The normalized spacial score (nSPS) is 13.2. The molecule has 26 heavy (non-hydrogen) atoms. The number of amides is 1. The molecule has 2 aromatic carbocycles. The Labute approximate surface area is 151 Å². The SMILES string of the molecule is COc1ccc(C(O)CN(C)C(=O)c2ccc3c(c2)OCO3)cc1OC. The molecule has 1 N–H and O–H groups in total. The van der Waals surface area contributed by atoms with Crippen LogP contribution >= 0.6 is 0 Å². The number of hydrogen-bond acceptors (Lipinski definition) is 6. The van der Waals surface area contributed by atoms with Gasteiger partial charge in [-0.25, -0.2) is 0 Å². The third-order valence-corrected chi connectivity index (χ3v) is 4.21. The summed E-state index contributed by atoms with van der Waals surface area (Å²) >= 11 is 0. The minimum Gasteiger partial charge on any atom is -0.493 e. The number of likely N-dealkylation sites (N-methyl/N-ethyl adjacent to an activating group) is 1. The monoisotopic (exact) mass is 359 g/mol. The number of carbonyl (C=O) groups excluding carboxylic acids is 1. The smallest absolute Gasteiger partial charge is 0.253 e. The van der Waals surface area contributed by atoms with Gasteiger partial charge in [0.25, 0.3) is 5.91 Å². The van der Waals surface area contributed by atoms with E-state index in [0.29, 0.717) is 34.1 Å². The minimum atomic E-state index is -0.863. The van der Waals surface area contributed by atoms with Crippen LogP contribution in [0.3, 0.4) is 0 Å². The molecule has 1 aliphatic rings. The molecule has 1 aliphatic heterocycles. The van der Waals surface area contributed by atoms with Crippen molar-refractivity contribution < 1.29 is 28.8 Å². The highest BCUT2D eigenvalue weighted by molar-refractivity contribution is 5.94. The minimum absolute atomic E-state index is 0.128. The topological polar surface area (TPSA) is 77.5 Å². The van der Waals surface area contributed by atoms with Crippen molar-refractivity contribution in [2.75, 3.05) is 34.6 Å². The third kappa shape index (κ3) is 3.52. The molecule has 0 radical (unpaired) electrons. The number of benzene rings is 2. The van der Waals surface area contributed by atoms with Gasteiger partial charge in [0, 0.05) is 12.6 Å². The van der Waals surface area contributed by atoms with Crippen LogP contribution < -0.4 is 18.9 Å². The van der Waals surface area contributed by atoms with Crippen LogP contribution in [0.5, 0.6) is 23.0 Å². The van der Waals surface area contributed by atoms with E-state index in [1.165, 1.54) is 12.0 Å². The summed E-state index contributed by atoms with van der Waals surface area (Å²) in [5, 5.41) is 10.5. The Balaban J connectivity index is 1.70. The van der Waals surface area contributed by atoms with Crippen molar-refractivity contribution in [3.8, 4) is 23.0 Å². The van der Waals surface area contributed by atoms with Crippen LogP contribution in [0.1, 0.15) is 22.0 Å². The Hall–Kier alpha value is -2.93. The van der Waals surface area contributed by atoms with Crippen LogP contribution in [0, 0.1) is 0 Å². The lowest BCUT2D eigenvalue weighted by atomic mass is 10.1. The van der Waals surface area contributed by atoms with Crippen LogP contribution in [0.4, 0.5) is 0 Å². The van der Waals surface area contributed by atoms with Crippen molar-refractivity contribution in [1.82, 2.24) is 4.90 Å². The molecule has 0 fully saturated rings. The van der Waals surface area contributed by atoms with Crippen molar-refractivity contribution in [3.63, 3.8) is 0 Å². The van der Waals surface area contributed by atoms with Crippen LogP contribution in [0.2, 0.25) is 0 Å². The van der Waals surface area contributed by atoms with E-state index in [1.807, 2.05) is 0 Å². The van der Waals surface area contributed by atoms with E-state index < -0.39 is 6.10 Å². The van der Waals surface area contributed by atoms with Gasteiger partial charge in [0.05, 0.1) is 26.9 Å². The summed E-state index contributed by atoms with van der Waals surface area (Å²) in [4.78, 5) is 14.1. The Kier molecular flexibility index (Phi) is 5.18. The highest BCUT2D eigenvalue weighted by Crippen LogP contribution is 2.33. The average molecular weight is 359 g/mol. The molecular formula is C19H21NO6. The van der Waals surface area contributed by atoms with E-state index in [4.69, 9.17) is 18.9 Å². The quantitative estimate of drug-likeness (QED) is 0.852. The van der Waals surface area contributed by atoms with Crippen LogP contribution in [0.25, 0.3) is 0 Å². The molecule has 1 amide bonds. The molecule has 0 aliphatic carbocycles. The molecule has 0 saturated carbocycles. The Morgan fingerprint density at radius 1 is 1.12 bits per heavy atom. The molecule has 7 heteroatoms. The second kappa shape index (κ2) is 7.53. The zero-order valence-corrected chi connectivity index (χ0v) is 14.9. The highest BCUT2D eigenvalue weighted by atomic mass is 16.7. The van der Waals surface area contributed by atoms with Gasteiger partial charge < -0.3 is 29.0 Å². The number of rotatable bonds is 6. The molecule has 138 valence electrons. The van der Waals surface area contributed by atoms with Gasteiger partial charge in [-0.3, -0.25) is 4.79 Å². The summed E-state index contributed by atoms with van der Waals surface area (Å²) in [6.07, 6.45) is -0.863. The number of aliphatic hydroxyl groups is 1. The second-order valence-electron chi connectivity index (χ2n) is 5.88. The van der Waals surface area contributed by atoms with Gasteiger partial charge in [-0.05, 0) is 35.9 Å². The van der Waals surface area contributed by atoms with E-state index in [2.05, 4.69) is 0 Å². The summed E-state index contributed by atoms with van der Waals surface area (Å²) in [5.74, 6) is 2.05. The number of aliphatic hydroxyl groups excluding tert-OH is 1. The fraction of sp³-hybridized carbons (Fsp3) is 0.316. The predicted molar refractivity (Wildman–Crippen MR) is 94.0 cm³/mol. The van der Waals surface area contributed by atoms with Crippen LogP contribution in [-0.4, -0.2) is 50.5 Å². The number of methoxy groups -OCH3 is 2. The van der Waals surface area contributed by atoms with E-state index in [9.17, 15) is 9.90 Å². The Morgan fingerprint density at radius 2 is 1.85 bits per heavy atom. The zero-order chi connectivity index (χ0) is 18.7. The molecule has 2 aromatic rings. The molecule has 7 nitrogen and oxygen atoms in total. The van der Waals surface area contributed by atoms with Crippen molar-refractivity contribution >= 4 is 5.91 Å². The lowest BCUT2D eigenvalue weighted by molar-refractivity contribution is 0.0680. The van der Waals surface area contributed by atoms with Gasteiger partial charge >= 0.3 is 0 Å². The van der Waals surface area contributed by atoms with Crippen molar-refractivity contribution in [2.45, 2.75) is 6.10 Å². The number of hydrogen-bond donors (Lipinski definition) is 1. The maximum absolute atomic E-state index is 12.6. The first-order valence-electron chi connectivity index (χ1n) is 8.08. The van der Waals surface area contributed by atoms with Gasteiger partial charge in [0.1, 0.15) is 0 Å². The lowest BCUT2D eigenvalue weighted by Crippen LogP contribution is -2.31. The van der Waals surface area contributed by atoms with Crippen LogP contribution in [-0.2, 0) is 0 Å². The van der Waals surface area contributed by atoms with Crippen molar-refractivity contribution in [2.24, 2.45) is 0 Å². The molecule has 0 saturated heterocycles. The van der Waals surface area contributed by atoms with Crippen LogP contribution in [0.15, 0.2) is 36.4 Å². The fourth-order valence-electron chi connectivity index (χ4n) is 2.76. The molecule has 1 heterocycles. The van der Waals surface area contributed by atoms with E-state index in [-0.39, 0.29) is 19.2 Å². The zero-order valence-electron chi connectivity index (χ0n) is 14.9. The molecule has 0 spiro atoms. The fourth-order valence-corrected chi connectivity index (χ4v) is 2.76. The summed E-state index contributed by atoms with van der Waals surface area (Å²) < 4.78 is 21.0. The lowest BCUT2D eigenvalue weighted by Gasteiger charge is -2.22. The largest absolute Gasteiger partial charge is 0.493 e. The van der Waals surface area contributed by atoms with Crippen molar-refractivity contribution in [3.05, 3.63) is 47.5 Å². The molecule has 1 atom stereocenters. The van der Waals surface area contributed by atoms with Gasteiger partial charge in [-0.2, -0.15) is 0 Å². The summed E-state index contributed by atoms with van der Waals surface area (Å²) in [5.41, 5.74) is 1.10. The first-order chi connectivity index (χ1) is 12.5. The summed E-state index contributed by atoms with van der Waals surface area (Å²) in [6.45, 7) is 0.281. The van der Waals surface area contributed by atoms with Gasteiger partial charge in [0.2, 0.25) is 6.79 Å².